The number of rotatable bonds is 8. The van der Waals surface area contributed by atoms with Crippen molar-refractivity contribution in [1.82, 2.24) is 0 Å². The lowest BCUT2D eigenvalue weighted by Gasteiger charge is -2.52. The van der Waals surface area contributed by atoms with Crippen LogP contribution >= 0.6 is 0 Å². The van der Waals surface area contributed by atoms with Crippen molar-refractivity contribution in [1.29, 1.82) is 0 Å². The minimum absolute atomic E-state index is 0.263. The Labute approximate surface area is 147 Å². The molecule has 3 rings (SSSR count). The molecule has 0 bridgehead atoms. The SMILES string of the molecule is CCC1(C(OC)C2CCC(C(OC)C3(CC)COC3)CC2)COC1. The topological polar surface area (TPSA) is 36.9 Å². The first-order valence-corrected chi connectivity index (χ1v) is 9.86. The Morgan fingerprint density at radius 1 is 0.750 bits per heavy atom. The summed E-state index contributed by atoms with van der Waals surface area (Å²) in [6.45, 7) is 8.06. The summed E-state index contributed by atoms with van der Waals surface area (Å²) in [5.41, 5.74) is 0.527. The van der Waals surface area contributed by atoms with Crippen LogP contribution in [0.15, 0.2) is 0 Å². The van der Waals surface area contributed by atoms with Gasteiger partial charge in [-0.3, -0.25) is 0 Å². The lowest BCUT2D eigenvalue weighted by Crippen LogP contribution is -2.56. The Bertz CT molecular complexity index is 345. The van der Waals surface area contributed by atoms with Crippen molar-refractivity contribution < 1.29 is 18.9 Å². The first-order valence-electron chi connectivity index (χ1n) is 9.86. The minimum Gasteiger partial charge on any atom is -0.380 e. The van der Waals surface area contributed by atoms with Crippen LogP contribution in [0.3, 0.4) is 0 Å². The molecule has 1 saturated carbocycles. The van der Waals surface area contributed by atoms with Crippen molar-refractivity contribution in [3.8, 4) is 0 Å². The van der Waals surface area contributed by atoms with E-state index >= 15 is 0 Å². The third-order valence-electron chi connectivity index (χ3n) is 7.35. The second-order valence-electron chi connectivity index (χ2n) is 8.40. The van der Waals surface area contributed by atoms with Gasteiger partial charge in [-0.1, -0.05) is 13.8 Å². The summed E-state index contributed by atoms with van der Waals surface area (Å²) in [5.74, 6) is 1.34. The van der Waals surface area contributed by atoms with Gasteiger partial charge in [0.1, 0.15) is 0 Å². The molecule has 0 aromatic rings. The molecule has 2 unspecified atom stereocenters. The molecule has 0 N–H and O–H groups in total. The molecule has 0 spiro atoms. The molecule has 0 radical (unpaired) electrons. The minimum atomic E-state index is 0.263. The molecule has 4 heteroatoms. The normalized spacial score (nSPS) is 34.0. The number of ether oxygens (including phenoxy) is 4. The van der Waals surface area contributed by atoms with Crippen LogP contribution in [0.25, 0.3) is 0 Å². The Kier molecular flexibility index (Phi) is 5.90. The molecule has 140 valence electrons. The van der Waals surface area contributed by atoms with Gasteiger partial charge < -0.3 is 18.9 Å². The van der Waals surface area contributed by atoms with E-state index in [9.17, 15) is 0 Å². The summed E-state index contributed by atoms with van der Waals surface area (Å²) >= 11 is 0. The largest absolute Gasteiger partial charge is 0.380 e. The van der Waals surface area contributed by atoms with Crippen molar-refractivity contribution >= 4 is 0 Å². The Hall–Kier alpha value is -0.160. The fraction of sp³-hybridized carbons (Fsp3) is 1.00. The predicted molar refractivity (Wildman–Crippen MR) is 94.1 cm³/mol. The van der Waals surface area contributed by atoms with E-state index in [1.54, 1.807) is 0 Å². The third kappa shape index (κ3) is 3.04. The highest BCUT2D eigenvalue weighted by Gasteiger charge is 2.51. The van der Waals surface area contributed by atoms with Crippen LogP contribution < -0.4 is 0 Å². The lowest BCUT2D eigenvalue weighted by molar-refractivity contribution is -0.211. The van der Waals surface area contributed by atoms with E-state index in [2.05, 4.69) is 13.8 Å². The molecule has 0 aromatic carbocycles. The molecule has 0 amide bonds. The van der Waals surface area contributed by atoms with E-state index in [0.717, 1.165) is 39.3 Å². The van der Waals surface area contributed by atoms with Crippen LogP contribution in [0, 0.1) is 22.7 Å². The zero-order chi connectivity index (χ0) is 17.2. The Morgan fingerprint density at radius 3 is 1.25 bits per heavy atom. The van der Waals surface area contributed by atoms with Gasteiger partial charge in [0.15, 0.2) is 0 Å². The number of hydrogen-bond acceptors (Lipinski definition) is 4. The van der Waals surface area contributed by atoms with Crippen LogP contribution in [-0.2, 0) is 18.9 Å². The highest BCUT2D eigenvalue weighted by atomic mass is 16.5. The van der Waals surface area contributed by atoms with Crippen LogP contribution in [-0.4, -0.2) is 52.9 Å². The quantitative estimate of drug-likeness (QED) is 0.675. The van der Waals surface area contributed by atoms with Gasteiger partial charge >= 0.3 is 0 Å². The molecule has 4 nitrogen and oxygen atoms in total. The zero-order valence-electron chi connectivity index (χ0n) is 16.0. The third-order valence-corrected chi connectivity index (χ3v) is 7.35. The molecule has 1 aliphatic carbocycles. The number of hydrogen-bond donors (Lipinski definition) is 0. The van der Waals surface area contributed by atoms with E-state index in [0.29, 0.717) is 24.0 Å². The maximum atomic E-state index is 6.00. The van der Waals surface area contributed by atoms with Gasteiger partial charge in [0, 0.05) is 25.0 Å². The maximum Gasteiger partial charge on any atom is 0.0699 e. The summed E-state index contributed by atoms with van der Waals surface area (Å²) in [4.78, 5) is 0. The second kappa shape index (κ2) is 7.61. The summed E-state index contributed by atoms with van der Waals surface area (Å²) in [5, 5.41) is 0. The standard InChI is InChI=1S/C20H36O4/c1-5-19(11-23-12-19)17(21-3)15-7-9-16(10-8-15)18(22-4)20(6-2)13-24-14-20/h15-18H,5-14H2,1-4H3. The van der Waals surface area contributed by atoms with E-state index in [4.69, 9.17) is 18.9 Å². The van der Waals surface area contributed by atoms with Crippen LogP contribution in [0.5, 0.6) is 0 Å². The van der Waals surface area contributed by atoms with Crippen LogP contribution in [0.4, 0.5) is 0 Å². The average molecular weight is 341 g/mol. The molecule has 2 saturated heterocycles. The summed E-state index contributed by atoms with van der Waals surface area (Å²) < 4.78 is 23.1. The second-order valence-corrected chi connectivity index (χ2v) is 8.40. The van der Waals surface area contributed by atoms with Gasteiger partial charge in [-0.05, 0) is 50.4 Å². The van der Waals surface area contributed by atoms with Gasteiger partial charge in [0.2, 0.25) is 0 Å². The van der Waals surface area contributed by atoms with Crippen molar-refractivity contribution in [2.24, 2.45) is 22.7 Å². The van der Waals surface area contributed by atoms with Crippen molar-refractivity contribution in [3.05, 3.63) is 0 Å². The van der Waals surface area contributed by atoms with Gasteiger partial charge in [-0.2, -0.15) is 0 Å². The fourth-order valence-electron chi connectivity index (χ4n) is 5.50. The Morgan fingerprint density at radius 2 is 1.08 bits per heavy atom. The highest BCUT2D eigenvalue weighted by Crippen LogP contribution is 2.48. The number of methoxy groups -OCH3 is 2. The summed E-state index contributed by atoms with van der Waals surface area (Å²) in [6, 6.07) is 0. The maximum absolute atomic E-state index is 6.00. The lowest BCUT2D eigenvalue weighted by atomic mass is 9.64. The molecule has 3 fully saturated rings. The van der Waals surface area contributed by atoms with E-state index in [1.165, 1.54) is 25.7 Å². The summed E-state index contributed by atoms with van der Waals surface area (Å²) in [7, 11) is 3.78. The summed E-state index contributed by atoms with van der Waals surface area (Å²) in [6.07, 6.45) is 8.04. The Balaban J connectivity index is 1.60. The molecule has 2 heterocycles. The molecular weight excluding hydrogens is 304 g/mol. The van der Waals surface area contributed by atoms with Crippen molar-refractivity contribution in [3.63, 3.8) is 0 Å². The molecule has 2 aliphatic heterocycles. The fourth-order valence-corrected chi connectivity index (χ4v) is 5.50. The molecular formula is C20H36O4. The van der Waals surface area contributed by atoms with Gasteiger partial charge in [0.05, 0.1) is 38.6 Å². The average Bonchev–Trinajstić information content (AvgIpc) is 2.54. The van der Waals surface area contributed by atoms with Gasteiger partial charge in [-0.25, -0.2) is 0 Å². The molecule has 3 aliphatic rings. The van der Waals surface area contributed by atoms with E-state index in [-0.39, 0.29) is 10.8 Å². The van der Waals surface area contributed by atoms with E-state index in [1.807, 2.05) is 14.2 Å². The monoisotopic (exact) mass is 340 g/mol. The van der Waals surface area contributed by atoms with Crippen LogP contribution in [0.1, 0.15) is 52.4 Å². The smallest absolute Gasteiger partial charge is 0.0699 e. The van der Waals surface area contributed by atoms with Gasteiger partial charge in [-0.15, -0.1) is 0 Å². The van der Waals surface area contributed by atoms with Gasteiger partial charge in [0.25, 0.3) is 0 Å². The highest BCUT2D eigenvalue weighted by molar-refractivity contribution is 4.99. The van der Waals surface area contributed by atoms with E-state index < -0.39 is 0 Å². The molecule has 24 heavy (non-hydrogen) atoms. The molecule has 2 atom stereocenters. The predicted octanol–water partition coefficient (Wildman–Crippen LogP) is 3.68. The zero-order valence-corrected chi connectivity index (χ0v) is 16.0. The van der Waals surface area contributed by atoms with Crippen molar-refractivity contribution in [2.75, 3.05) is 40.6 Å². The molecule has 0 aromatic heterocycles. The first kappa shape index (κ1) is 18.6. The van der Waals surface area contributed by atoms with Crippen LogP contribution in [0.2, 0.25) is 0 Å². The van der Waals surface area contributed by atoms with Crippen molar-refractivity contribution in [2.45, 2.75) is 64.6 Å². The first-order chi connectivity index (χ1) is 11.6.